The summed E-state index contributed by atoms with van der Waals surface area (Å²) in [5.41, 5.74) is 4.00. The standard InChI is InChI=1S/C21H23N3O.C11H13NO2/c1-24-14-12-18(13-15-24)25-17-9-6-16(7-10-17)8-11-21-19-4-2-3-5-20(19)22-23-21;1-14-10-6-4-9(5-7-10)12-11(13)8-2-3-8/h2-11,18H,12-15H2,1H3,(H,22,23);4-8H,2-3H2,1H3,(H,12,13)/b11-8+;. The molecule has 0 atom stereocenters. The maximum atomic E-state index is 11.4. The summed E-state index contributed by atoms with van der Waals surface area (Å²) in [6.45, 7) is 2.23. The molecule has 0 bridgehead atoms. The van der Waals surface area contributed by atoms with Crippen LogP contribution in [0.2, 0.25) is 0 Å². The number of likely N-dealkylation sites (tertiary alicyclic amines) is 1. The molecule has 2 aliphatic rings. The number of anilines is 1. The van der Waals surface area contributed by atoms with Gasteiger partial charge in [-0.1, -0.05) is 36.4 Å². The zero-order chi connectivity index (χ0) is 27.0. The van der Waals surface area contributed by atoms with Gasteiger partial charge in [0.05, 0.1) is 18.3 Å². The highest BCUT2D eigenvalue weighted by atomic mass is 16.5. The topological polar surface area (TPSA) is 79.5 Å². The summed E-state index contributed by atoms with van der Waals surface area (Å²) in [7, 11) is 3.79. The van der Waals surface area contributed by atoms with Crippen LogP contribution in [0.15, 0.2) is 72.8 Å². The van der Waals surface area contributed by atoms with Gasteiger partial charge < -0.3 is 19.7 Å². The third-order valence-electron chi connectivity index (χ3n) is 7.09. The molecule has 1 aromatic heterocycles. The molecule has 1 aliphatic carbocycles. The molecule has 1 aliphatic heterocycles. The van der Waals surface area contributed by atoms with Crippen LogP contribution in [-0.2, 0) is 4.79 Å². The number of hydrogen-bond acceptors (Lipinski definition) is 5. The number of aromatic amines is 1. The van der Waals surface area contributed by atoms with Crippen LogP contribution in [0.1, 0.15) is 36.9 Å². The van der Waals surface area contributed by atoms with Gasteiger partial charge in [-0.2, -0.15) is 5.10 Å². The van der Waals surface area contributed by atoms with Crippen LogP contribution in [0.3, 0.4) is 0 Å². The number of benzene rings is 3. The van der Waals surface area contributed by atoms with Gasteiger partial charge in [-0.15, -0.1) is 0 Å². The molecule has 202 valence electrons. The number of nitrogens with zero attached hydrogens (tertiary/aromatic N) is 2. The number of carbonyl (C=O) groups excluding carboxylic acids is 1. The maximum Gasteiger partial charge on any atom is 0.227 e. The molecule has 1 saturated heterocycles. The predicted octanol–water partition coefficient (Wildman–Crippen LogP) is 6.25. The van der Waals surface area contributed by atoms with E-state index in [2.05, 4.69) is 63.9 Å². The van der Waals surface area contributed by atoms with Crippen molar-refractivity contribution in [2.75, 3.05) is 32.6 Å². The summed E-state index contributed by atoms with van der Waals surface area (Å²) in [5, 5.41) is 11.4. The lowest BCUT2D eigenvalue weighted by molar-refractivity contribution is -0.117. The van der Waals surface area contributed by atoms with Gasteiger partial charge in [0.15, 0.2) is 0 Å². The molecule has 0 unspecified atom stereocenters. The van der Waals surface area contributed by atoms with Gasteiger partial charge in [0.2, 0.25) is 5.91 Å². The molecule has 1 amide bonds. The zero-order valence-corrected chi connectivity index (χ0v) is 22.6. The summed E-state index contributed by atoms with van der Waals surface area (Å²) in [4.78, 5) is 13.7. The van der Waals surface area contributed by atoms with E-state index in [4.69, 9.17) is 9.47 Å². The first-order chi connectivity index (χ1) is 19.1. The van der Waals surface area contributed by atoms with Crippen LogP contribution < -0.4 is 14.8 Å². The monoisotopic (exact) mass is 524 g/mol. The molecule has 6 rings (SSSR count). The number of rotatable bonds is 7. The molecule has 4 aromatic rings. The first-order valence-corrected chi connectivity index (χ1v) is 13.6. The molecule has 7 nitrogen and oxygen atoms in total. The van der Waals surface area contributed by atoms with Crippen molar-refractivity contribution in [2.24, 2.45) is 5.92 Å². The minimum Gasteiger partial charge on any atom is -0.497 e. The van der Waals surface area contributed by atoms with Gasteiger partial charge in [-0.25, -0.2) is 0 Å². The Labute approximate surface area is 229 Å². The Bertz CT molecular complexity index is 1380. The summed E-state index contributed by atoms with van der Waals surface area (Å²) < 4.78 is 11.1. The van der Waals surface area contributed by atoms with Crippen molar-refractivity contribution in [1.29, 1.82) is 0 Å². The van der Waals surface area contributed by atoms with E-state index in [1.54, 1.807) is 7.11 Å². The van der Waals surface area contributed by atoms with Gasteiger partial charge >= 0.3 is 0 Å². The maximum absolute atomic E-state index is 11.4. The van der Waals surface area contributed by atoms with Crippen molar-refractivity contribution in [3.63, 3.8) is 0 Å². The lowest BCUT2D eigenvalue weighted by Crippen LogP contribution is -2.35. The highest BCUT2D eigenvalue weighted by molar-refractivity contribution is 5.94. The predicted molar refractivity (Wildman–Crippen MR) is 157 cm³/mol. The summed E-state index contributed by atoms with van der Waals surface area (Å²) in [6.07, 6.45) is 8.74. The molecule has 2 fully saturated rings. The molecule has 39 heavy (non-hydrogen) atoms. The van der Waals surface area contributed by atoms with Crippen molar-refractivity contribution >= 4 is 34.6 Å². The Kier molecular flexibility index (Phi) is 8.58. The van der Waals surface area contributed by atoms with E-state index < -0.39 is 0 Å². The third kappa shape index (κ3) is 7.48. The molecular weight excluding hydrogens is 488 g/mol. The SMILES string of the molecule is CN1CCC(Oc2ccc(/C=C/c3n[nH]c4ccccc34)cc2)CC1.COc1ccc(NC(=O)C2CC2)cc1. The number of piperidine rings is 1. The number of para-hydroxylation sites is 1. The van der Waals surface area contributed by atoms with Crippen LogP contribution in [0.4, 0.5) is 5.69 Å². The second kappa shape index (κ2) is 12.6. The van der Waals surface area contributed by atoms with Crippen molar-refractivity contribution in [3.8, 4) is 11.5 Å². The molecule has 3 aromatic carbocycles. The number of carbonyl (C=O) groups is 1. The Morgan fingerprint density at radius 3 is 2.31 bits per heavy atom. The van der Waals surface area contributed by atoms with E-state index in [1.165, 1.54) is 0 Å². The van der Waals surface area contributed by atoms with Crippen LogP contribution in [0.25, 0.3) is 23.1 Å². The van der Waals surface area contributed by atoms with Crippen molar-refractivity contribution in [1.82, 2.24) is 15.1 Å². The lowest BCUT2D eigenvalue weighted by atomic mass is 10.1. The molecule has 7 heteroatoms. The Balaban J connectivity index is 0.000000186. The zero-order valence-electron chi connectivity index (χ0n) is 22.6. The molecule has 2 heterocycles. The Hall–Kier alpha value is -4.10. The van der Waals surface area contributed by atoms with E-state index in [0.717, 1.165) is 78.1 Å². The Morgan fingerprint density at radius 1 is 0.923 bits per heavy atom. The van der Waals surface area contributed by atoms with Gasteiger partial charge in [0.25, 0.3) is 0 Å². The van der Waals surface area contributed by atoms with Crippen LogP contribution in [0, 0.1) is 5.92 Å². The van der Waals surface area contributed by atoms with Crippen molar-refractivity contribution in [2.45, 2.75) is 31.8 Å². The fourth-order valence-electron chi connectivity index (χ4n) is 4.50. The molecular formula is C32H36N4O3. The molecule has 2 N–H and O–H groups in total. The fourth-order valence-corrected chi connectivity index (χ4v) is 4.50. The minimum absolute atomic E-state index is 0.134. The first-order valence-electron chi connectivity index (χ1n) is 13.6. The van der Waals surface area contributed by atoms with Crippen LogP contribution in [-0.4, -0.2) is 54.4 Å². The van der Waals surface area contributed by atoms with E-state index in [-0.39, 0.29) is 11.8 Å². The van der Waals surface area contributed by atoms with Crippen LogP contribution in [0.5, 0.6) is 11.5 Å². The number of nitrogens with one attached hydrogen (secondary N) is 2. The number of H-pyrrole nitrogens is 1. The van der Waals surface area contributed by atoms with Gasteiger partial charge in [0.1, 0.15) is 17.6 Å². The number of amides is 1. The average Bonchev–Trinajstić information content (AvgIpc) is 3.75. The summed E-state index contributed by atoms with van der Waals surface area (Å²) in [6, 6.07) is 23.8. The first kappa shape index (κ1) is 26.5. The highest BCUT2D eigenvalue weighted by Gasteiger charge is 2.29. The number of ether oxygens (including phenoxy) is 2. The smallest absolute Gasteiger partial charge is 0.227 e. The molecule has 0 spiro atoms. The van der Waals surface area contributed by atoms with Gasteiger partial charge in [-0.3, -0.25) is 9.89 Å². The lowest BCUT2D eigenvalue weighted by Gasteiger charge is -2.29. The van der Waals surface area contributed by atoms with E-state index >= 15 is 0 Å². The Morgan fingerprint density at radius 2 is 1.62 bits per heavy atom. The number of methoxy groups -OCH3 is 1. The highest BCUT2D eigenvalue weighted by Crippen LogP contribution is 2.30. The number of aromatic nitrogens is 2. The summed E-state index contributed by atoms with van der Waals surface area (Å²) >= 11 is 0. The van der Waals surface area contributed by atoms with Crippen molar-refractivity contribution < 1.29 is 14.3 Å². The molecule has 0 radical (unpaired) electrons. The number of hydrogen-bond donors (Lipinski definition) is 2. The molecule has 1 saturated carbocycles. The average molecular weight is 525 g/mol. The summed E-state index contributed by atoms with van der Waals surface area (Å²) in [5.74, 6) is 2.14. The van der Waals surface area contributed by atoms with Gasteiger partial charge in [-0.05, 0) is 86.8 Å². The quantitative estimate of drug-likeness (QED) is 0.299. The number of fused-ring (bicyclic) bond motifs is 1. The van der Waals surface area contributed by atoms with Crippen molar-refractivity contribution in [3.05, 3.63) is 84.1 Å². The van der Waals surface area contributed by atoms with Crippen LogP contribution >= 0.6 is 0 Å². The van der Waals surface area contributed by atoms with E-state index in [0.29, 0.717) is 6.10 Å². The fraction of sp³-hybridized carbons (Fsp3) is 0.312. The van der Waals surface area contributed by atoms with E-state index in [9.17, 15) is 4.79 Å². The third-order valence-corrected chi connectivity index (χ3v) is 7.09. The van der Waals surface area contributed by atoms with E-state index in [1.807, 2.05) is 48.5 Å². The van der Waals surface area contributed by atoms with Gasteiger partial charge in [0, 0.05) is 30.1 Å². The largest absolute Gasteiger partial charge is 0.497 e. The second-order valence-electron chi connectivity index (χ2n) is 10.2. The normalized spacial score (nSPS) is 16.1. The minimum atomic E-state index is 0.134. The second-order valence-corrected chi connectivity index (χ2v) is 10.2.